The van der Waals surface area contributed by atoms with Crippen molar-refractivity contribution in [1.82, 2.24) is 10.3 Å². The molecule has 1 amide bonds. The largest absolute Gasteiger partial charge is 0.351 e. The number of carbonyl (C=O) groups excluding carboxylic acids is 1. The molecule has 20 heavy (non-hydrogen) atoms. The normalized spacial score (nSPS) is 22.9. The van der Waals surface area contributed by atoms with Crippen LogP contribution in [0.1, 0.15) is 49.5 Å². The highest BCUT2D eigenvalue weighted by Crippen LogP contribution is 2.26. The lowest BCUT2D eigenvalue weighted by atomic mass is 9.84. The van der Waals surface area contributed by atoms with E-state index in [9.17, 15) is 4.79 Å². The first-order chi connectivity index (χ1) is 9.76. The third-order valence-corrected chi connectivity index (χ3v) is 4.47. The van der Waals surface area contributed by atoms with Crippen LogP contribution in [0.2, 0.25) is 0 Å². The van der Waals surface area contributed by atoms with Crippen molar-refractivity contribution in [3.8, 4) is 0 Å². The van der Waals surface area contributed by atoms with Gasteiger partial charge < -0.3 is 10.3 Å². The molecule has 1 aliphatic carbocycles. The molecule has 2 atom stereocenters. The van der Waals surface area contributed by atoms with Crippen molar-refractivity contribution in [3.05, 3.63) is 36.0 Å². The minimum Gasteiger partial charge on any atom is -0.351 e. The van der Waals surface area contributed by atoms with Gasteiger partial charge in [-0.2, -0.15) is 0 Å². The summed E-state index contributed by atoms with van der Waals surface area (Å²) in [5.41, 5.74) is 1.69. The SMILES string of the molecule is CCC1CCCC(NC(=O)c2cc3ccccc3[nH]2)C1. The molecule has 0 aliphatic heterocycles. The van der Waals surface area contributed by atoms with Gasteiger partial charge in [-0.3, -0.25) is 4.79 Å². The second-order valence-corrected chi connectivity index (χ2v) is 5.88. The highest BCUT2D eigenvalue weighted by atomic mass is 16.1. The van der Waals surface area contributed by atoms with Gasteiger partial charge in [-0.05, 0) is 30.9 Å². The number of H-pyrrole nitrogens is 1. The van der Waals surface area contributed by atoms with Gasteiger partial charge in [-0.1, -0.05) is 44.4 Å². The van der Waals surface area contributed by atoms with E-state index in [1.807, 2.05) is 30.3 Å². The molecule has 106 valence electrons. The Hall–Kier alpha value is -1.77. The first kappa shape index (κ1) is 13.2. The predicted molar refractivity (Wildman–Crippen MR) is 81.8 cm³/mol. The molecule has 3 rings (SSSR count). The maximum absolute atomic E-state index is 12.3. The number of rotatable bonds is 3. The van der Waals surface area contributed by atoms with Crippen molar-refractivity contribution in [3.63, 3.8) is 0 Å². The Morgan fingerprint density at radius 3 is 3.00 bits per heavy atom. The van der Waals surface area contributed by atoms with Crippen LogP contribution < -0.4 is 5.32 Å². The molecule has 2 unspecified atom stereocenters. The number of hydrogen-bond acceptors (Lipinski definition) is 1. The number of nitrogens with one attached hydrogen (secondary N) is 2. The summed E-state index contributed by atoms with van der Waals surface area (Å²) in [4.78, 5) is 15.5. The first-order valence-electron chi connectivity index (χ1n) is 7.65. The summed E-state index contributed by atoms with van der Waals surface area (Å²) >= 11 is 0. The van der Waals surface area contributed by atoms with Gasteiger partial charge in [-0.15, -0.1) is 0 Å². The number of benzene rings is 1. The van der Waals surface area contributed by atoms with Crippen LogP contribution in [-0.4, -0.2) is 16.9 Å². The molecule has 1 aromatic carbocycles. The van der Waals surface area contributed by atoms with Gasteiger partial charge in [0.1, 0.15) is 5.69 Å². The van der Waals surface area contributed by atoms with Gasteiger partial charge >= 0.3 is 0 Å². The lowest BCUT2D eigenvalue weighted by molar-refractivity contribution is 0.0915. The number of fused-ring (bicyclic) bond motifs is 1. The molecule has 0 radical (unpaired) electrons. The first-order valence-corrected chi connectivity index (χ1v) is 7.65. The number of hydrogen-bond donors (Lipinski definition) is 2. The van der Waals surface area contributed by atoms with Crippen molar-refractivity contribution < 1.29 is 4.79 Å². The molecule has 1 saturated carbocycles. The van der Waals surface area contributed by atoms with E-state index in [2.05, 4.69) is 17.2 Å². The van der Waals surface area contributed by atoms with Crippen LogP contribution in [0.3, 0.4) is 0 Å². The van der Waals surface area contributed by atoms with E-state index in [1.54, 1.807) is 0 Å². The third-order valence-electron chi connectivity index (χ3n) is 4.47. The fourth-order valence-corrected chi connectivity index (χ4v) is 3.25. The Kier molecular flexibility index (Phi) is 3.77. The van der Waals surface area contributed by atoms with Crippen LogP contribution in [0.5, 0.6) is 0 Å². The zero-order chi connectivity index (χ0) is 13.9. The van der Waals surface area contributed by atoms with Crippen molar-refractivity contribution in [1.29, 1.82) is 0 Å². The topological polar surface area (TPSA) is 44.9 Å². The summed E-state index contributed by atoms with van der Waals surface area (Å²) in [7, 11) is 0. The van der Waals surface area contributed by atoms with E-state index < -0.39 is 0 Å². The number of amides is 1. The molecular formula is C17H22N2O. The zero-order valence-electron chi connectivity index (χ0n) is 12.0. The maximum Gasteiger partial charge on any atom is 0.267 e. The van der Waals surface area contributed by atoms with Crippen LogP contribution in [-0.2, 0) is 0 Å². The monoisotopic (exact) mass is 270 g/mol. The third kappa shape index (κ3) is 2.72. The maximum atomic E-state index is 12.3. The van der Waals surface area contributed by atoms with Crippen molar-refractivity contribution in [2.45, 2.75) is 45.1 Å². The Bertz CT molecular complexity index is 569. The minimum absolute atomic E-state index is 0.0305. The van der Waals surface area contributed by atoms with Crippen molar-refractivity contribution >= 4 is 16.8 Å². The number of aromatic amines is 1. The fourth-order valence-electron chi connectivity index (χ4n) is 3.25. The lowest BCUT2D eigenvalue weighted by Crippen LogP contribution is -2.38. The zero-order valence-corrected chi connectivity index (χ0v) is 12.0. The molecule has 0 spiro atoms. The number of carbonyl (C=O) groups is 1. The van der Waals surface area contributed by atoms with Crippen LogP contribution in [0.4, 0.5) is 0 Å². The van der Waals surface area contributed by atoms with E-state index in [1.165, 1.54) is 19.3 Å². The fraction of sp³-hybridized carbons (Fsp3) is 0.471. The Morgan fingerprint density at radius 1 is 1.35 bits per heavy atom. The summed E-state index contributed by atoms with van der Waals surface area (Å²) in [6.45, 7) is 2.24. The van der Waals surface area contributed by atoms with E-state index in [0.29, 0.717) is 11.7 Å². The van der Waals surface area contributed by atoms with Gasteiger partial charge in [0.25, 0.3) is 5.91 Å². The second-order valence-electron chi connectivity index (χ2n) is 5.88. The number of aromatic nitrogens is 1. The quantitative estimate of drug-likeness (QED) is 0.873. The van der Waals surface area contributed by atoms with E-state index in [4.69, 9.17) is 0 Å². The molecule has 0 bridgehead atoms. The second kappa shape index (κ2) is 5.70. The summed E-state index contributed by atoms with van der Waals surface area (Å²) in [6, 6.07) is 10.3. The van der Waals surface area contributed by atoms with Crippen molar-refractivity contribution in [2.75, 3.05) is 0 Å². The van der Waals surface area contributed by atoms with Crippen LogP contribution in [0.15, 0.2) is 30.3 Å². The van der Waals surface area contributed by atoms with Crippen LogP contribution in [0, 0.1) is 5.92 Å². The van der Waals surface area contributed by atoms with Crippen LogP contribution in [0.25, 0.3) is 10.9 Å². The van der Waals surface area contributed by atoms with Gasteiger partial charge in [-0.25, -0.2) is 0 Å². The summed E-state index contributed by atoms with van der Waals surface area (Å²) in [6.07, 6.45) is 6.01. The molecule has 0 saturated heterocycles. The molecule has 3 heteroatoms. The summed E-state index contributed by atoms with van der Waals surface area (Å²) in [5, 5.41) is 4.28. The highest BCUT2D eigenvalue weighted by Gasteiger charge is 2.22. The summed E-state index contributed by atoms with van der Waals surface area (Å²) < 4.78 is 0. The molecule has 2 N–H and O–H groups in total. The predicted octanol–water partition coefficient (Wildman–Crippen LogP) is 3.87. The molecule has 1 aromatic heterocycles. The standard InChI is InChI=1S/C17H22N2O/c1-2-12-6-5-8-14(10-12)18-17(20)16-11-13-7-3-4-9-15(13)19-16/h3-4,7,9,11-12,14,19H,2,5-6,8,10H2,1H3,(H,18,20). The van der Waals surface area contributed by atoms with Gasteiger partial charge in [0.15, 0.2) is 0 Å². The van der Waals surface area contributed by atoms with Gasteiger partial charge in [0.2, 0.25) is 0 Å². The van der Waals surface area contributed by atoms with E-state index in [0.717, 1.165) is 29.7 Å². The highest BCUT2D eigenvalue weighted by molar-refractivity contribution is 5.98. The molecule has 2 aromatic rings. The minimum atomic E-state index is 0.0305. The average molecular weight is 270 g/mol. The Balaban J connectivity index is 1.69. The molecule has 3 nitrogen and oxygen atoms in total. The molecule has 1 aliphatic rings. The molecule has 1 heterocycles. The molecular weight excluding hydrogens is 248 g/mol. The smallest absolute Gasteiger partial charge is 0.267 e. The lowest BCUT2D eigenvalue weighted by Gasteiger charge is -2.28. The average Bonchev–Trinajstić information content (AvgIpc) is 2.91. The van der Waals surface area contributed by atoms with Gasteiger partial charge in [0, 0.05) is 16.9 Å². The number of para-hydroxylation sites is 1. The Morgan fingerprint density at radius 2 is 2.20 bits per heavy atom. The van der Waals surface area contributed by atoms with Gasteiger partial charge in [0.05, 0.1) is 0 Å². The van der Waals surface area contributed by atoms with E-state index >= 15 is 0 Å². The Labute approximate surface area is 119 Å². The summed E-state index contributed by atoms with van der Waals surface area (Å²) in [5.74, 6) is 0.805. The van der Waals surface area contributed by atoms with E-state index in [-0.39, 0.29) is 5.91 Å². The molecule has 1 fully saturated rings. The van der Waals surface area contributed by atoms with Crippen molar-refractivity contribution in [2.24, 2.45) is 5.92 Å². The van der Waals surface area contributed by atoms with Crippen LogP contribution >= 0.6 is 0 Å².